The molecule has 1 aliphatic rings. The highest BCUT2D eigenvalue weighted by Gasteiger charge is 2.23. The molecule has 2 aromatic heterocycles. The number of carbonyl (C=O) groups is 1. The highest BCUT2D eigenvalue weighted by molar-refractivity contribution is 7.18. The Morgan fingerprint density at radius 1 is 1.43 bits per heavy atom. The Kier molecular flexibility index (Phi) is 5.28. The molecule has 1 aromatic carbocycles. The van der Waals surface area contributed by atoms with Crippen LogP contribution in [0.3, 0.4) is 0 Å². The van der Waals surface area contributed by atoms with Gasteiger partial charge in [-0.25, -0.2) is 10.4 Å². The van der Waals surface area contributed by atoms with Crippen LogP contribution in [0, 0.1) is 5.92 Å². The number of aryl methyl sites for hydroxylation is 1. The summed E-state index contributed by atoms with van der Waals surface area (Å²) >= 11 is 7.43. The van der Waals surface area contributed by atoms with Crippen LogP contribution in [-0.2, 0) is 24.2 Å². The number of hydrogen-bond acceptors (Lipinski definition) is 5. The van der Waals surface area contributed by atoms with E-state index in [1.54, 1.807) is 35.6 Å². The first-order chi connectivity index (χ1) is 13.5. The second-order valence-electron chi connectivity index (χ2n) is 7.05. The minimum atomic E-state index is -0.383. The predicted molar refractivity (Wildman–Crippen MR) is 112 cm³/mol. The molecule has 0 radical (unpaired) electrons. The molecule has 0 aliphatic heterocycles. The summed E-state index contributed by atoms with van der Waals surface area (Å²) in [7, 11) is 0. The van der Waals surface area contributed by atoms with Gasteiger partial charge in [0.05, 0.1) is 17.9 Å². The number of rotatable bonds is 4. The summed E-state index contributed by atoms with van der Waals surface area (Å²) < 4.78 is 1.35. The molecule has 0 fully saturated rings. The number of nitrogens with one attached hydrogen (secondary N) is 1. The number of amides is 1. The summed E-state index contributed by atoms with van der Waals surface area (Å²) in [6.45, 7) is 2.11. The van der Waals surface area contributed by atoms with Crippen LogP contribution in [0.4, 0.5) is 0 Å². The molecule has 1 N–H and O–H groups in total. The van der Waals surface area contributed by atoms with Gasteiger partial charge in [0.15, 0.2) is 0 Å². The van der Waals surface area contributed by atoms with Crippen molar-refractivity contribution in [1.82, 2.24) is 15.0 Å². The van der Waals surface area contributed by atoms with Crippen molar-refractivity contribution in [3.05, 3.63) is 62.0 Å². The minimum Gasteiger partial charge on any atom is -0.289 e. The quantitative estimate of drug-likeness (QED) is 0.525. The van der Waals surface area contributed by atoms with Gasteiger partial charge in [0, 0.05) is 9.90 Å². The van der Waals surface area contributed by atoms with Gasteiger partial charge < -0.3 is 0 Å². The number of nitrogens with zero attached hydrogens (tertiary/aromatic N) is 3. The molecule has 1 aliphatic carbocycles. The van der Waals surface area contributed by atoms with E-state index < -0.39 is 0 Å². The molecule has 1 amide bonds. The molecule has 0 spiro atoms. The maximum Gasteiger partial charge on any atom is 0.262 e. The smallest absolute Gasteiger partial charge is 0.262 e. The van der Waals surface area contributed by atoms with Crippen LogP contribution in [0.1, 0.15) is 29.3 Å². The third-order valence-corrected chi connectivity index (χ3v) is 6.28. The minimum absolute atomic E-state index is 0.124. The van der Waals surface area contributed by atoms with Crippen molar-refractivity contribution in [2.75, 3.05) is 0 Å². The fourth-order valence-corrected chi connectivity index (χ4v) is 4.86. The second kappa shape index (κ2) is 7.85. The average Bonchev–Trinajstić information content (AvgIpc) is 3.04. The molecular weight excluding hydrogens is 396 g/mol. The van der Waals surface area contributed by atoms with Gasteiger partial charge in [-0.05, 0) is 48.4 Å². The summed E-state index contributed by atoms with van der Waals surface area (Å²) in [5.74, 6) is 0.248. The Balaban J connectivity index is 1.50. The number of fused-ring (bicyclic) bond motifs is 3. The zero-order valence-electron chi connectivity index (χ0n) is 15.3. The maximum absolute atomic E-state index is 12.9. The number of aromatic nitrogens is 2. The largest absolute Gasteiger partial charge is 0.289 e. The van der Waals surface area contributed by atoms with E-state index in [1.165, 1.54) is 22.0 Å². The van der Waals surface area contributed by atoms with Crippen LogP contribution in [0.25, 0.3) is 10.2 Å². The molecule has 28 heavy (non-hydrogen) atoms. The Labute approximate surface area is 170 Å². The van der Waals surface area contributed by atoms with Crippen molar-refractivity contribution in [3.63, 3.8) is 0 Å². The number of benzene rings is 1. The zero-order chi connectivity index (χ0) is 19.7. The third-order valence-electron chi connectivity index (χ3n) is 4.87. The lowest BCUT2D eigenvalue weighted by atomic mass is 9.89. The highest BCUT2D eigenvalue weighted by atomic mass is 35.5. The van der Waals surface area contributed by atoms with E-state index in [1.807, 2.05) is 0 Å². The van der Waals surface area contributed by atoms with Crippen LogP contribution in [0.15, 0.2) is 40.5 Å². The molecule has 2 heterocycles. The van der Waals surface area contributed by atoms with Crippen LogP contribution in [0.5, 0.6) is 0 Å². The Bertz CT molecular complexity index is 1120. The second-order valence-corrected chi connectivity index (χ2v) is 8.57. The fraction of sp³-hybridized carbons (Fsp3) is 0.300. The maximum atomic E-state index is 12.9. The fourth-order valence-electron chi connectivity index (χ4n) is 3.40. The number of carbonyl (C=O) groups excluding carboxylic acids is 1. The topological polar surface area (TPSA) is 76.3 Å². The molecule has 4 rings (SSSR count). The van der Waals surface area contributed by atoms with Crippen molar-refractivity contribution >= 4 is 45.3 Å². The molecule has 6 nitrogen and oxygen atoms in total. The summed E-state index contributed by atoms with van der Waals surface area (Å²) in [6, 6.07) is 7.07. The van der Waals surface area contributed by atoms with Crippen LogP contribution in [-0.4, -0.2) is 21.7 Å². The molecule has 0 bridgehead atoms. The molecule has 144 valence electrons. The van der Waals surface area contributed by atoms with Crippen LogP contribution >= 0.6 is 22.9 Å². The summed E-state index contributed by atoms with van der Waals surface area (Å²) in [4.78, 5) is 31.5. The molecule has 8 heteroatoms. The van der Waals surface area contributed by atoms with E-state index in [9.17, 15) is 9.59 Å². The Morgan fingerprint density at radius 2 is 2.21 bits per heavy atom. The number of halogens is 1. The van der Waals surface area contributed by atoms with Gasteiger partial charge in [-0.1, -0.05) is 30.7 Å². The molecule has 3 aromatic rings. The van der Waals surface area contributed by atoms with Crippen LogP contribution in [0.2, 0.25) is 5.02 Å². The Hall–Kier alpha value is -2.51. The molecule has 1 unspecified atom stereocenters. The number of hydrogen-bond donors (Lipinski definition) is 1. The van der Waals surface area contributed by atoms with Gasteiger partial charge in [0.2, 0.25) is 0 Å². The summed E-state index contributed by atoms with van der Waals surface area (Å²) in [6.07, 6.45) is 5.94. The van der Waals surface area contributed by atoms with Crippen molar-refractivity contribution in [1.29, 1.82) is 0 Å². The lowest BCUT2D eigenvalue weighted by Crippen LogP contribution is -2.30. The van der Waals surface area contributed by atoms with E-state index in [2.05, 4.69) is 22.4 Å². The lowest BCUT2D eigenvalue weighted by Gasteiger charge is -2.17. The first-order valence-corrected chi connectivity index (χ1v) is 10.3. The van der Waals surface area contributed by atoms with Gasteiger partial charge in [-0.2, -0.15) is 5.10 Å². The average molecular weight is 415 g/mol. The van der Waals surface area contributed by atoms with Gasteiger partial charge in [-0.3, -0.25) is 14.2 Å². The van der Waals surface area contributed by atoms with Gasteiger partial charge in [-0.15, -0.1) is 11.3 Å². The first-order valence-electron chi connectivity index (χ1n) is 9.08. The van der Waals surface area contributed by atoms with Crippen molar-refractivity contribution < 1.29 is 4.79 Å². The van der Waals surface area contributed by atoms with E-state index in [0.717, 1.165) is 35.2 Å². The van der Waals surface area contributed by atoms with Crippen molar-refractivity contribution in [3.8, 4) is 0 Å². The van der Waals surface area contributed by atoms with Gasteiger partial charge in [0.25, 0.3) is 11.5 Å². The predicted octanol–water partition coefficient (Wildman–Crippen LogP) is 3.39. The molecule has 1 atom stereocenters. The van der Waals surface area contributed by atoms with E-state index in [-0.39, 0.29) is 18.0 Å². The lowest BCUT2D eigenvalue weighted by molar-refractivity contribution is -0.121. The summed E-state index contributed by atoms with van der Waals surface area (Å²) in [5, 5.41) is 5.23. The first kappa shape index (κ1) is 18.8. The van der Waals surface area contributed by atoms with Crippen LogP contribution < -0.4 is 11.0 Å². The highest BCUT2D eigenvalue weighted by Crippen LogP contribution is 2.35. The van der Waals surface area contributed by atoms with Crippen molar-refractivity contribution in [2.45, 2.75) is 32.7 Å². The van der Waals surface area contributed by atoms with Gasteiger partial charge >= 0.3 is 0 Å². The zero-order valence-corrected chi connectivity index (χ0v) is 16.9. The van der Waals surface area contributed by atoms with Gasteiger partial charge in [0.1, 0.15) is 11.4 Å². The molecular formula is C20H19ClN4O2S. The van der Waals surface area contributed by atoms with Crippen molar-refractivity contribution in [2.24, 2.45) is 11.0 Å². The number of thiophene rings is 1. The van der Waals surface area contributed by atoms with E-state index in [4.69, 9.17) is 11.6 Å². The SMILES string of the molecule is CC1CCc2c(sc3ncn(CC(=O)NN=Cc4ccc(Cl)cc4)c(=O)c23)C1. The standard InChI is InChI=1S/C20H19ClN4O2S/c1-12-2-7-15-16(8-12)28-19-18(15)20(27)25(11-22-19)10-17(26)24-23-9-13-3-5-14(21)6-4-13/h3-6,9,11-12H,2,7-8,10H2,1H3,(H,24,26). The summed E-state index contributed by atoms with van der Waals surface area (Å²) in [5.41, 5.74) is 4.21. The third kappa shape index (κ3) is 3.86. The molecule has 0 saturated carbocycles. The molecule has 0 saturated heterocycles. The normalized spacial score (nSPS) is 16.4. The monoisotopic (exact) mass is 414 g/mol. The number of hydrazone groups is 1. The van der Waals surface area contributed by atoms with E-state index >= 15 is 0 Å². The van der Waals surface area contributed by atoms with E-state index in [0.29, 0.717) is 16.3 Å². The Morgan fingerprint density at radius 3 is 3.00 bits per heavy atom.